The van der Waals surface area contributed by atoms with Gasteiger partial charge in [0.1, 0.15) is 23.6 Å². The van der Waals surface area contributed by atoms with Gasteiger partial charge in [0, 0.05) is 60.5 Å². The summed E-state index contributed by atoms with van der Waals surface area (Å²) in [6.45, 7) is 2.59. The van der Waals surface area contributed by atoms with Crippen LogP contribution in [0, 0.1) is 12.7 Å². The highest BCUT2D eigenvalue weighted by atomic mass is 19.1. The topological polar surface area (TPSA) is 141 Å². The number of furan rings is 1. The molecule has 2 heterocycles. The van der Waals surface area contributed by atoms with E-state index in [0.29, 0.717) is 42.0 Å². The molecule has 0 atom stereocenters. The molecule has 1 aliphatic rings. The molecular weight excluding hydrogens is 579 g/mol. The van der Waals surface area contributed by atoms with Gasteiger partial charge in [-0.05, 0) is 86.0 Å². The number of nitrogens with one attached hydrogen (secondary N) is 3. The number of hydrogen-bond donors (Lipinski definition) is 4. The van der Waals surface area contributed by atoms with Crippen molar-refractivity contribution in [1.82, 2.24) is 15.5 Å². The molecule has 3 aromatic carbocycles. The van der Waals surface area contributed by atoms with E-state index in [2.05, 4.69) is 16.0 Å². The standard InChI is InChI=1S/C34H33FN4O6/c1-21-17-25(20-45-21)33(43)38-26-8-5-23(6-9-26)34(44)39-15-2-3-31(41)36-13-12-22-4-11-30(40)28(18-22)27-19-24(7-10-29(27)35)32(42)37-14-16-39/h4-11,17-20,40H,2-3,12-16H2,1H3,(H,36,41)(H,37,42)(H,38,43). The van der Waals surface area contributed by atoms with Crippen LogP contribution in [-0.2, 0) is 11.2 Å². The number of phenols is 1. The van der Waals surface area contributed by atoms with E-state index in [1.54, 1.807) is 54.3 Å². The van der Waals surface area contributed by atoms with Crippen LogP contribution in [0.25, 0.3) is 11.1 Å². The zero-order valence-electron chi connectivity index (χ0n) is 24.7. The third kappa shape index (κ3) is 7.74. The van der Waals surface area contributed by atoms with Gasteiger partial charge in [-0.25, -0.2) is 4.39 Å². The molecule has 4 aromatic rings. The lowest BCUT2D eigenvalue weighted by Gasteiger charge is -2.23. The average Bonchev–Trinajstić information content (AvgIpc) is 3.47. The minimum absolute atomic E-state index is 0.0727. The second-order valence-electron chi connectivity index (χ2n) is 10.8. The quantitative estimate of drug-likeness (QED) is 0.265. The van der Waals surface area contributed by atoms with Crippen molar-refractivity contribution < 1.29 is 33.1 Å². The normalized spacial score (nSPS) is 14.5. The Morgan fingerprint density at radius 2 is 1.69 bits per heavy atom. The third-order valence-electron chi connectivity index (χ3n) is 7.48. The summed E-state index contributed by atoms with van der Waals surface area (Å²) < 4.78 is 20.0. The number of aryl methyl sites for hydroxylation is 1. The Balaban J connectivity index is 1.31. The molecule has 10 nitrogen and oxygen atoms in total. The number of amides is 4. The number of anilines is 1. The Labute approximate surface area is 259 Å². The van der Waals surface area contributed by atoms with Crippen molar-refractivity contribution in [3.05, 3.63) is 107 Å². The van der Waals surface area contributed by atoms with Gasteiger partial charge in [-0.15, -0.1) is 0 Å². The van der Waals surface area contributed by atoms with Crippen LogP contribution >= 0.6 is 0 Å². The first-order chi connectivity index (χ1) is 21.7. The summed E-state index contributed by atoms with van der Waals surface area (Å²) in [6.07, 6.45) is 2.40. The van der Waals surface area contributed by atoms with E-state index in [4.69, 9.17) is 4.42 Å². The Bertz CT molecular complexity index is 1730. The van der Waals surface area contributed by atoms with Crippen molar-refractivity contribution in [3.63, 3.8) is 0 Å². The van der Waals surface area contributed by atoms with Crippen LogP contribution in [0.2, 0.25) is 0 Å². The predicted octanol–water partition coefficient (Wildman–Crippen LogP) is 4.68. The van der Waals surface area contributed by atoms with Crippen molar-refractivity contribution in [2.75, 3.05) is 31.5 Å². The molecule has 1 aromatic heterocycles. The van der Waals surface area contributed by atoms with E-state index in [0.717, 1.165) is 5.56 Å². The van der Waals surface area contributed by atoms with Crippen LogP contribution < -0.4 is 16.0 Å². The number of halogens is 1. The minimum atomic E-state index is -0.597. The second kappa shape index (κ2) is 13.9. The maximum absolute atomic E-state index is 14.8. The monoisotopic (exact) mass is 612 g/mol. The van der Waals surface area contributed by atoms with Crippen molar-refractivity contribution in [2.24, 2.45) is 0 Å². The summed E-state index contributed by atoms with van der Waals surface area (Å²) in [4.78, 5) is 53.0. The maximum Gasteiger partial charge on any atom is 0.258 e. The van der Waals surface area contributed by atoms with E-state index in [9.17, 15) is 28.7 Å². The molecule has 4 bridgehead atoms. The summed E-state index contributed by atoms with van der Waals surface area (Å²) in [5, 5.41) is 18.9. The van der Waals surface area contributed by atoms with Gasteiger partial charge in [0.25, 0.3) is 17.7 Å². The van der Waals surface area contributed by atoms with Gasteiger partial charge in [-0.1, -0.05) is 6.07 Å². The zero-order valence-corrected chi connectivity index (χ0v) is 24.7. The number of aromatic hydroxyl groups is 1. The van der Waals surface area contributed by atoms with Gasteiger partial charge < -0.3 is 30.4 Å². The van der Waals surface area contributed by atoms with Crippen LogP contribution in [0.5, 0.6) is 5.75 Å². The largest absolute Gasteiger partial charge is 0.507 e. The van der Waals surface area contributed by atoms with Gasteiger partial charge in [-0.3, -0.25) is 19.2 Å². The minimum Gasteiger partial charge on any atom is -0.507 e. The predicted molar refractivity (Wildman–Crippen MR) is 166 cm³/mol. The molecule has 1 aliphatic heterocycles. The lowest BCUT2D eigenvalue weighted by molar-refractivity contribution is -0.121. The van der Waals surface area contributed by atoms with Gasteiger partial charge in [0.05, 0.1) is 5.56 Å². The highest BCUT2D eigenvalue weighted by molar-refractivity contribution is 6.04. The van der Waals surface area contributed by atoms with E-state index in [-0.39, 0.29) is 66.2 Å². The fraction of sp³-hybridized carbons (Fsp3) is 0.235. The number of phenolic OH excluding ortho intramolecular Hbond substituents is 1. The van der Waals surface area contributed by atoms with Gasteiger partial charge in [0.15, 0.2) is 0 Å². The number of rotatable bonds is 3. The molecule has 0 saturated heterocycles. The third-order valence-corrected chi connectivity index (χ3v) is 7.48. The van der Waals surface area contributed by atoms with E-state index < -0.39 is 11.7 Å². The van der Waals surface area contributed by atoms with Crippen LogP contribution in [0.3, 0.4) is 0 Å². The first kappa shape index (κ1) is 31.0. The molecule has 232 valence electrons. The van der Waals surface area contributed by atoms with Gasteiger partial charge in [-0.2, -0.15) is 0 Å². The SMILES string of the molecule is Cc1cc(C(=O)Nc2ccc(C(=O)N3CCCC(=O)NCCc4ccc(O)c(c4)-c4cc(ccc4F)C(=O)NCC3)cc2)co1. The Morgan fingerprint density at radius 3 is 2.44 bits per heavy atom. The molecule has 0 saturated carbocycles. The lowest BCUT2D eigenvalue weighted by atomic mass is 9.98. The summed E-state index contributed by atoms with van der Waals surface area (Å²) in [5.74, 6) is -1.41. The molecule has 0 radical (unpaired) electrons. The fourth-order valence-electron chi connectivity index (χ4n) is 5.06. The number of fused-ring (bicyclic) bond motifs is 5. The molecule has 4 amide bonds. The van der Waals surface area contributed by atoms with E-state index >= 15 is 0 Å². The molecule has 0 fully saturated rings. The van der Waals surface area contributed by atoms with Crippen LogP contribution in [0.4, 0.5) is 10.1 Å². The molecule has 11 heteroatoms. The number of carbonyl (C=O) groups is 4. The van der Waals surface area contributed by atoms with Crippen molar-refractivity contribution in [2.45, 2.75) is 26.2 Å². The van der Waals surface area contributed by atoms with Crippen molar-refractivity contribution in [1.29, 1.82) is 0 Å². The maximum atomic E-state index is 14.8. The fourth-order valence-corrected chi connectivity index (χ4v) is 5.06. The van der Waals surface area contributed by atoms with Crippen molar-refractivity contribution in [3.8, 4) is 16.9 Å². The number of nitrogens with zero attached hydrogens (tertiary/aromatic N) is 1. The first-order valence-corrected chi connectivity index (χ1v) is 14.6. The number of carbonyl (C=O) groups excluding carboxylic acids is 4. The van der Waals surface area contributed by atoms with Gasteiger partial charge >= 0.3 is 0 Å². The summed E-state index contributed by atoms with van der Waals surface area (Å²) in [7, 11) is 0. The molecule has 4 N–H and O–H groups in total. The Morgan fingerprint density at radius 1 is 0.889 bits per heavy atom. The summed E-state index contributed by atoms with van der Waals surface area (Å²) >= 11 is 0. The molecule has 0 unspecified atom stereocenters. The van der Waals surface area contributed by atoms with Crippen LogP contribution in [0.1, 0.15) is 55.2 Å². The Kier molecular flexibility index (Phi) is 9.57. The molecule has 0 aliphatic carbocycles. The number of hydrogen-bond acceptors (Lipinski definition) is 6. The van der Waals surface area contributed by atoms with E-state index in [1.807, 2.05) is 0 Å². The molecule has 0 spiro atoms. The van der Waals surface area contributed by atoms with E-state index in [1.165, 1.54) is 30.5 Å². The second-order valence-corrected chi connectivity index (χ2v) is 10.8. The highest BCUT2D eigenvalue weighted by Gasteiger charge is 2.19. The highest BCUT2D eigenvalue weighted by Crippen LogP contribution is 2.33. The molecule has 5 rings (SSSR count). The zero-order chi connectivity index (χ0) is 31.9. The first-order valence-electron chi connectivity index (χ1n) is 14.6. The van der Waals surface area contributed by atoms with Crippen LogP contribution in [0.15, 0.2) is 77.4 Å². The van der Waals surface area contributed by atoms with Crippen molar-refractivity contribution >= 4 is 29.3 Å². The molecule has 45 heavy (non-hydrogen) atoms. The molecular formula is C34H33FN4O6. The van der Waals surface area contributed by atoms with Crippen LogP contribution in [-0.4, -0.2) is 59.8 Å². The summed E-state index contributed by atoms with van der Waals surface area (Å²) in [5.41, 5.74) is 2.54. The number of benzene rings is 3. The van der Waals surface area contributed by atoms with Gasteiger partial charge in [0.2, 0.25) is 5.91 Å². The lowest BCUT2D eigenvalue weighted by Crippen LogP contribution is -2.39. The summed E-state index contributed by atoms with van der Waals surface area (Å²) in [6, 6.07) is 16.8. The Hall–Kier alpha value is -5.45. The average molecular weight is 613 g/mol. The smallest absolute Gasteiger partial charge is 0.258 e.